The number of ether oxygens (including phenoxy) is 1. The van der Waals surface area contributed by atoms with Gasteiger partial charge in [0.15, 0.2) is 6.61 Å². The standard InChI is InChI=1S/C23H33N3O4/c1-4-9-24-21(27)15-30-18-5-6-19-17(12-18)13-20(25-19)22(28)26-10-7-16(8-11-26)14-23(2,3)29/h5-6,12-13,16,25,29H,4,7-11,14-15H2,1-3H3,(H,24,27). The number of nitrogens with one attached hydrogen (secondary N) is 2. The van der Waals surface area contributed by atoms with Crippen molar-refractivity contribution in [2.75, 3.05) is 26.2 Å². The molecule has 7 nitrogen and oxygen atoms in total. The third kappa shape index (κ3) is 5.98. The van der Waals surface area contributed by atoms with Crippen molar-refractivity contribution in [1.82, 2.24) is 15.2 Å². The predicted octanol–water partition coefficient (Wildman–Crippen LogP) is 3.09. The normalized spacial score (nSPS) is 15.4. The summed E-state index contributed by atoms with van der Waals surface area (Å²) in [6.45, 7) is 7.69. The van der Waals surface area contributed by atoms with Gasteiger partial charge in [0.05, 0.1) is 5.60 Å². The first-order valence-electron chi connectivity index (χ1n) is 10.8. The Morgan fingerprint density at radius 2 is 2.00 bits per heavy atom. The second-order valence-electron chi connectivity index (χ2n) is 8.82. The molecule has 0 unspecified atom stereocenters. The van der Waals surface area contributed by atoms with Crippen molar-refractivity contribution in [3.05, 3.63) is 30.0 Å². The Labute approximate surface area is 177 Å². The van der Waals surface area contributed by atoms with E-state index in [0.29, 0.717) is 37.0 Å². The van der Waals surface area contributed by atoms with Crippen LogP contribution in [-0.2, 0) is 4.79 Å². The van der Waals surface area contributed by atoms with Crippen molar-refractivity contribution in [2.24, 2.45) is 5.92 Å². The number of piperidine rings is 1. The first-order valence-corrected chi connectivity index (χ1v) is 10.8. The molecule has 3 N–H and O–H groups in total. The van der Waals surface area contributed by atoms with Gasteiger partial charge in [0, 0.05) is 30.5 Å². The molecule has 0 radical (unpaired) electrons. The summed E-state index contributed by atoms with van der Waals surface area (Å²) in [5.74, 6) is 0.898. The van der Waals surface area contributed by atoms with E-state index < -0.39 is 5.60 Å². The van der Waals surface area contributed by atoms with Crippen LogP contribution in [0.3, 0.4) is 0 Å². The molecule has 2 amide bonds. The highest BCUT2D eigenvalue weighted by atomic mass is 16.5. The summed E-state index contributed by atoms with van der Waals surface area (Å²) in [5.41, 5.74) is 0.756. The van der Waals surface area contributed by atoms with E-state index in [0.717, 1.165) is 36.6 Å². The number of hydrogen-bond donors (Lipinski definition) is 3. The summed E-state index contributed by atoms with van der Waals surface area (Å²) >= 11 is 0. The van der Waals surface area contributed by atoms with Gasteiger partial charge < -0.3 is 25.0 Å². The Hall–Kier alpha value is -2.54. The maximum absolute atomic E-state index is 12.9. The maximum Gasteiger partial charge on any atom is 0.270 e. The molecule has 2 aromatic rings. The van der Waals surface area contributed by atoms with E-state index in [2.05, 4.69) is 10.3 Å². The molecule has 3 rings (SSSR count). The fraction of sp³-hybridized carbons (Fsp3) is 0.565. The molecule has 0 aliphatic carbocycles. The zero-order chi connectivity index (χ0) is 21.7. The summed E-state index contributed by atoms with van der Waals surface area (Å²) in [6, 6.07) is 7.33. The van der Waals surface area contributed by atoms with E-state index in [1.807, 2.05) is 43.9 Å². The Kier molecular flexibility index (Phi) is 7.02. The van der Waals surface area contributed by atoms with Crippen molar-refractivity contribution in [1.29, 1.82) is 0 Å². The van der Waals surface area contributed by atoms with E-state index in [1.165, 1.54) is 0 Å². The van der Waals surface area contributed by atoms with Gasteiger partial charge in [-0.1, -0.05) is 6.92 Å². The fourth-order valence-corrected chi connectivity index (χ4v) is 4.00. The summed E-state index contributed by atoms with van der Waals surface area (Å²) in [6.07, 6.45) is 3.47. The number of carbonyl (C=O) groups is 2. The molecule has 2 heterocycles. The van der Waals surface area contributed by atoms with Gasteiger partial charge in [0.2, 0.25) is 0 Å². The van der Waals surface area contributed by atoms with Gasteiger partial charge in [-0.05, 0) is 69.7 Å². The third-order valence-corrected chi connectivity index (χ3v) is 5.45. The number of likely N-dealkylation sites (tertiary alicyclic amines) is 1. The molecular weight excluding hydrogens is 382 g/mol. The van der Waals surface area contributed by atoms with Gasteiger partial charge in [0.25, 0.3) is 11.8 Å². The molecule has 30 heavy (non-hydrogen) atoms. The molecule has 0 saturated carbocycles. The van der Waals surface area contributed by atoms with Crippen LogP contribution in [0, 0.1) is 5.92 Å². The highest BCUT2D eigenvalue weighted by molar-refractivity contribution is 5.98. The fourth-order valence-electron chi connectivity index (χ4n) is 4.00. The van der Waals surface area contributed by atoms with Gasteiger partial charge in [-0.25, -0.2) is 0 Å². The van der Waals surface area contributed by atoms with Crippen LogP contribution in [0.25, 0.3) is 10.9 Å². The van der Waals surface area contributed by atoms with Crippen molar-refractivity contribution in [2.45, 2.75) is 52.1 Å². The van der Waals surface area contributed by atoms with Crippen LogP contribution in [-0.4, -0.2) is 58.6 Å². The number of fused-ring (bicyclic) bond motifs is 1. The number of hydrogen-bond acceptors (Lipinski definition) is 4. The van der Waals surface area contributed by atoms with Crippen molar-refractivity contribution in [3.8, 4) is 5.75 Å². The topological polar surface area (TPSA) is 94.7 Å². The van der Waals surface area contributed by atoms with Crippen LogP contribution in [0.15, 0.2) is 24.3 Å². The van der Waals surface area contributed by atoms with Gasteiger partial charge in [-0.2, -0.15) is 0 Å². The number of aromatic nitrogens is 1. The largest absolute Gasteiger partial charge is 0.484 e. The number of aliphatic hydroxyl groups is 1. The Balaban J connectivity index is 1.59. The van der Waals surface area contributed by atoms with Crippen LogP contribution in [0.5, 0.6) is 5.75 Å². The molecule has 1 aliphatic heterocycles. The van der Waals surface area contributed by atoms with E-state index in [4.69, 9.17) is 4.74 Å². The lowest BCUT2D eigenvalue weighted by Crippen LogP contribution is -2.40. The average molecular weight is 416 g/mol. The van der Waals surface area contributed by atoms with Crippen molar-refractivity contribution in [3.63, 3.8) is 0 Å². The van der Waals surface area contributed by atoms with E-state index in [9.17, 15) is 14.7 Å². The molecule has 1 fully saturated rings. The Morgan fingerprint density at radius 1 is 1.27 bits per heavy atom. The minimum absolute atomic E-state index is 0.00526. The molecule has 0 spiro atoms. The lowest BCUT2D eigenvalue weighted by atomic mass is 9.86. The number of amides is 2. The minimum Gasteiger partial charge on any atom is -0.484 e. The van der Waals surface area contributed by atoms with Gasteiger partial charge >= 0.3 is 0 Å². The van der Waals surface area contributed by atoms with E-state index >= 15 is 0 Å². The smallest absolute Gasteiger partial charge is 0.270 e. The van der Waals surface area contributed by atoms with E-state index in [1.54, 1.807) is 6.07 Å². The van der Waals surface area contributed by atoms with Crippen LogP contribution in [0.1, 0.15) is 56.9 Å². The average Bonchev–Trinajstić information content (AvgIpc) is 3.13. The van der Waals surface area contributed by atoms with E-state index in [-0.39, 0.29) is 18.4 Å². The molecule has 0 bridgehead atoms. The Bertz CT molecular complexity index is 876. The number of aromatic amines is 1. The molecular formula is C23H33N3O4. The van der Waals surface area contributed by atoms with Crippen LogP contribution >= 0.6 is 0 Å². The summed E-state index contributed by atoms with van der Waals surface area (Å²) < 4.78 is 5.57. The first kappa shape index (κ1) is 22.2. The Morgan fingerprint density at radius 3 is 2.67 bits per heavy atom. The molecule has 0 atom stereocenters. The lowest BCUT2D eigenvalue weighted by Gasteiger charge is -2.34. The molecule has 1 aromatic carbocycles. The SMILES string of the molecule is CCCNC(=O)COc1ccc2[nH]c(C(=O)N3CCC(CC(C)(C)O)CC3)cc2c1. The highest BCUT2D eigenvalue weighted by Crippen LogP contribution is 2.28. The second kappa shape index (κ2) is 9.51. The quantitative estimate of drug-likeness (QED) is 0.617. The van der Waals surface area contributed by atoms with Crippen LogP contribution < -0.4 is 10.1 Å². The summed E-state index contributed by atoms with van der Waals surface area (Å²) in [5, 5.41) is 13.7. The van der Waals surface area contributed by atoms with Crippen LogP contribution in [0.4, 0.5) is 0 Å². The number of rotatable bonds is 8. The zero-order valence-corrected chi connectivity index (χ0v) is 18.2. The lowest BCUT2D eigenvalue weighted by molar-refractivity contribution is -0.123. The monoisotopic (exact) mass is 415 g/mol. The van der Waals surface area contributed by atoms with Gasteiger partial charge in [0.1, 0.15) is 11.4 Å². The number of nitrogens with zero attached hydrogens (tertiary/aromatic N) is 1. The van der Waals surface area contributed by atoms with Gasteiger partial charge in [-0.15, -0.1) is 0 Å². The summed E-state index contributed by atoms with van der Waals surface area (Å²) in [4.78, 5) is 29.7. The number of carbonyl (C=O) groups excluding carboxylic acids is 2. The molecule has 1 aromatic heterocycles. The molecule has 7 heteroatoms. The molecule has 1 aliphatic rings. The number of benzene rings is 1. The predicted molar refractivity (Wildman–Crippen MR) is 117 cm³/mol. The van der Waals surface area contributed by atoms with Crippen molar-refractivity contribution < 1.29 is 19.4 Å². The molecule has 164 valence electrons. The zero-order valence-electron chi connectivity index (χ0n) is 18.2. The highest BCUT2D eigenvalue weighted by Gasteiger charge is 2.28. The molecule has 1 saturated heterocycles. The van der Waals surface area contributed by atoms with Crippen molar-refractivity contribution >= 4 is 22.7 Å². The number of H-pyrrole nitrogens is 1. The van der Waals surface area contributed by atoms with Gasteiger partial charge in [-0.3, -0.25) is 9.59 Å². The summed E-state index contributed by atoms with van der Waals surface area (Å²) in [7, 11) is 0. The first-order chi connectivity index (χ1) is 14.2. The third-order valence-electron chi connectivity index (χ3n) is 5.45. The van der Waals surface area contributed by atoms with Crippen LogP contribution in [0.2, 0.25) is 0 Å². The second-order valence-corrected chi connectivity index (χ2v) is 8.82. The minimum atomic E-state index is -0.662. The maximum atomic E-state index is 12.9.